The van der Waals surface area contributed by atoms with Gasteiger partial charge in [0.1, 0.15) is 0 Å². The Labute approximate surface area is 154 Å². The summed E-state index contributed by atoms with van der Waals surface area (Å²) in [6.07, 6.45) is 1.18. The van der Waals surface area contributed by atoms with E-state index in [1.54, 1.807) is 0 Å². The number of hydrogen-bond donors (Lipinski definition) is 8. The first-order chi connectivity index (χ1) is 12.5. The highest BCUT2D eigenvalue weighted by atomic mass is 15.0. The van der Waals surface area contributed by atoms with Crippen LogP contribution in [0.3, 0.4) is 0 Å². The molecule has 1 aliphatic heterocycles. The Kier molecular flexibility index (Phi) is 18.2. The lowest BCUT2D eigenvalue weighted by atomic mass is 10.4. The van der Waals surface area contributed by atoms with Crippen molar-refractivity contribution in [1.29, 1.82) is 0 Å². The van der Waals surface area contributed by atoms with Crippen LogP contribution in [0.15, 0.2) is 0 Å². The Morgan fingerprint density at radius 1 is 0.200 bits per heavy atom. The van der Waals surface area contributed by atoms with Crippen molar-refractivity contribution >= 4 is 0 Å². The summed E-state index contributed by atoms with van der Waals surface area (Å²) in [4.78, 5) is 0. The molecule has 0 unspecified atom stereocenters. The summed E-state index contributed by atoms with van der Waals surface area (Å²) in [7, 11) is 0. The van der Waals surface area contributed by atoms with E-state index in [-0.39, 0.29) is 0 Å². The minimum absolute atomic E-state index is 1.03. The van der Waals surface area contributed by atoms with E-state index in [9.17, 15) is 0 Å². The zero-order chi connectivity index (χ0) is 17.7. The Morgan fingerprint density at radius 2 is 0.360 bits per heavy atom. The molecule has 1 heterocycles. The van der Waals surface area contributed by atoms with Gasteiger partial charge >= 0.3 is 0 Å². The van der Waals surface area contributed by atoms with Crippen molar-refractivity contribution in [3.63, 3.8) is 0 Å². The van der Waals surface area contributed by atoms with Gasteiger partial charge in [0.2, 0.25) is 0 Å². The van der Waals surface area contributed by atoms with E-state index in [0.717, 1.165) is 105 Å². The van der Waals surface area contributed by atoms with Gasteiger partial charge in [0.25, 0.3) is 0 Å². The summed E-state index contributed by atoms with van der Waals surface area (Å²) >= 11 is 0. The fraction of sp³-hybridized carbons (Fsp3) is 1.00. The average Bonchev–Trinajstić information content (AvgIpc) is 2.62. The third kappa shape index (κ3) is 18.3. The van der Waals surface area contributed by atoms with Crippen LogP contribution in [0.25, 0.3) is 0 Å². The third-order valence-electron chi connectivity index (χ3n) is 4.06. The molecule has 0 spiro atoms. The molecule has 0 radical (unpaired) electrons. The number of rotatable bonds is 0. The van der Waals surface area contributed by atoms with Crippen molar-refractivity contribution in [2.75, 3.05) is 105 Å². The summed E-state index contributed by atoms with van der Waals surface area (Å²) in [6, 6.07) is 0. The van der Waals surface area contributed by atoms with Crippen LogP contribution < -0.4 is 42.5 Å². The van der Waals surface area contributed by atoms with Gasteiger partial charge < -0.3 is 42.5 Å². The first kappa shape index (κ1) is 22.7. The highest BCUT2D eigenvalue weighted by Crippen LogP contribution is 1.73. The maximum Gasteiger partial charge on any atom is 0.00772 e. The molecular formula is C17H42N8. The highest BCUT2D eigenvalue weighted by molar-refractivity contribution is 4.60. The van der Waals surface area contributed by atoms with E-state index in [4.69, 9.17) is 0 Å². The molecule has 0 bridgehead atoms. The average molecular weight is 359 g/mol. The third-order valence-corrected chi connectivity index (χ3v) is 4.06. The molecule has 8 nitrogen and oxygen atoms in total. The van der Waals surface area contributed by atoms with E-state index < -0.39 is 0 Å². The summed E-state index contributed by atoms with van der Waals surface area (Å²) in [5.41, 5.74) is 0. The van der Waals surface area contributed by atoms with E-state index in [1.165, 1.54) is 6.42 Å². The van der Waals surface area contributed by atoms with E-state index in [2.05, 4.69) is 42.5 Å². The van der Waals surface area contributed by atoms with Gasteiger partial charge in [-0.3, -0.25) is 0 Å². The molecular weight excluding hydrogens is 316 g/mol. The molecule has 0 aromatic heterocycles. The standard InChI is InChI=1S/C17H42N8/c1-2-18-4-6-20-8-10-22-12-14-24-16-17-25-15-13-23-11-9-21-7-5-19-3-1/h18-25H,1-17H2. The predicted octanol–water partition coefficient (Wildman–Crippen LogP) is -2.89. The molecule has 0 atom stereocenters. The molecule has 0 aromatic rings. The van der Waals surface area contributed by atoms with E-state index >= 15 is 0 Å². The van der Waals surface area contributed by atoms with E-state index in [0.29, 0.717) is 0 Å². The van der Waals surface area contributed by atoms with Gasteiger partial charge in [0.05, 0.1) is 0 Å². The molecule has 150 valence electrons. The van der Waals surface area contributed by atoms with Crippen LogP contribution >= 0.6 is 0 Å². The van der Waals surface area contributed by atoms with Gasteiger partial charge in [0.15, 0.2) is 0 Å². The van der Waals surface area contributed by atoms with Crippen molar-refractivity contribution in [2.24, 2.45) is 0 Å². The predicted molar refractivity (Wildman–Crippen MR) is 108 cm³/mol. The van der Waals surface area contributed by atoms with Crippen LogP contribution in [-0.4, -0.2) is 105 Å². The zero-order valence-corrected chi connectivity index (χ0v) is 16.0. The van der Waals surface area contributed by atoms with Crippen LogP contribution in [0.4, 0.5) is 0 Å². The van der Waals surface area contributed by atoms with Gasteiger partial charge in [-0.2, -0.15) is 0 Å². The second-order valence-electron chi connectivity index (χ2n) is 6.35. The topological polar surface area (TPSA) is 96.2 Å². The smallest absolute Gasteiger partial charge is 0.00772 e. The Bertz CT molecular complexity index is 139. The summed E-state index contributed by atoms with van der Waals surface area (Å²) in [5.74, 6) is 0. The second kappa shape index (κ2) is 20.0. The lowest BCUT2D eigenvalue weighted by Gasteiger charge is -2.09. The van der Waals surface area contributed by atoms with Crippen molar-refractivity contribution in [3.05, 3.63) is 0 Å². The first-order valence-corrected chi connectivity index (χ1v) is 10.2. The first-order valence-electron chi connectivity index (χ1n) is 10.2. The van der Waals surface area contributed by atoms with Crippen LogP contribution in [0, 0.1) is 0 Å². The van der Waals surface area contributed by atoms with Gasteiger partial charge in [-0.25, -0.2) is 0 Å². The SMILES string of the molecule is C1CNCCNCCNCCNCCNCCNCCNCCNC1. The van der Waals surface area contributed by atoms with Crippen LogP contribution in [-0.2, 0) is 0 Å². The normalized spacial score (nSPS) is 24.0. The van der Waals surface area contributed by atoms with E-state index in [1.807, 2.05) is 0 Å². The van der Waals surface area contributed by atoms with Crippen molar-refractivity contribution < 1.29 is 0 Å². The molecule has 8 N–H and O–H groups in total. The molecule has 0 saturated carbocycles. The lowest BCUT2D eigenvalue weighted by molar-refractivity contribution is 0.548. The second-order valence-corrected chi connectivity index (χ2v) is 6.35. The largest absolute Gasteiger partial charge is 0.315 e. The van der Waals surface area contributed by atoms with Crippen molar-refractivity contribution in [2.45, 2.75) is 6.42 Å². The maximum absolute atomic E-state index is 3.48. The Hall–Kier alpha value is -0.320. The molecule has 0 aliphatic carbocycles. The Morgan fingerprint density at radius 3 is 0.560 bits per heavy atom. The molecule has 0 aromatic carbocycles. The lowest BCUT2D eigenvalue weighted by Crippen LogP contribution is -2.38. The zero-order valence-electron chi connectivity index (χ0n) is 16.0. The van der Waals surface area contributed by atoms with Crippen LogP contribution in [0.5, 0.6) is 0 Å². The summed E-state index contributed by atoms with van der Waals surface area (Å²) in [6.45, 7) is 16.6. The minimum Gasteiger partial charge on any atom is -0.315 e. The molecule has 25 heavy (non-hydrogen) atoms. The van der Waals surface area contributed by atoms with Crippen molar-refractivity contribution in [1.82, 2.24) is 42.5 Å². The van der Waals surface area contributed by atoms with Crippen LogP contribution in [0.1, 0.15) is 6.42 Å². The number of nitrogens with one attached hydrogen (secondary N) is 8. The number of hydrogen-bond acceptors (Lipinski definition) is 8. The summed E-state index contributed by atoms with van der Waals surface area (Å²) < 4.78 is 0. The molecule has 1 rings (SSSR count). The molecule has 1 saturated heterocycles. The van der Waals surface area contributed by atoms with Gasteiger partial charge in [-0.1, -0.05) is 0 Å². The molecule has 1 fully saturated rings. The molecule has 1 aliphatic rings. The molecule has 0 amide bonds. The van der Waals surface area contributed by atoms with Gasteiger partial charge in [-0.15, -0.1) is 0 Å². The maximum atomic E-state index is 3.48. The quantitative estimate of drug-likeness (QED) is 0.234. The van der Waals surface area contributed by atoms with Crippen LogP contribution in [0.2, 0.25) is 0 Å². The Balaban J connectivity index is 2.00. The fourth-order valence-electron chi connectivity index (χ4n) is 2.58. The van der Waals surface area contributed by atoms with Gasteiger partial charge in [0, 0.05) is 91.6 Å². The minimum atomic E-state index is 1.03. The molecule has 8 heteroatoms. The van der Waals surface area contributed by atoms with Gasteiger partial charge in [-0.05, 0) is 19.5 Å². The monoisotopic (exact) mass is 358 g/mol. The highest BCUT2D eigenvalue weighted by Gasteiger charge is 1.93. The van der Waals surface area contributed by atoms with Crippen molar-refractivity contribution in [3.8, 4) is 0 Å². The fourth-order valence-corrected chi connectivity index (χ4v) is 2.58. The summed E-state index contributed by atoms with van der Waals surface area (Å²) in [5, 5.41) is 27.7.